The van der Waals surface area contributed by atoms with Gasteiger partial charge in [-0.05, 0) is 24.3 Å². The van der Waals surface area contributed by atoms with Gasteiger partial charge in [0.15, 0.2) is 0 Å². The second-order valence-corrected chi connectivity index (χ2v) is 3.90. The molecule has 0 aromatic rings. The Morgan fingerprint density at radius 1 is 1.25 bits per heavy atom. The molecule has 0 atom stereocenters. The molecule has 0 aromatic carbocycles. The van der Waals surface area contributed by atoms with Crippen molar-refractivity contribution in [1.82, 2.24) is 0 Å². The van der Waals surface area contributed by atoms with Crippen LogP contribution < -0.4 is 0 Å². The van der Waals surface area contributed by atoms with Crippen molar-refractivity contribution < 1.29 is 0 Å². The van der Waals surface area contributed by atoms with Gasteiger partial charge in [-0.1, -0.05) is 33.3 Å². The van der Waals surface area contributed by atoms with Crippen LogP contribution in [0.3, 0.4) is 0 Å². The Kier molecular flexibility index (Phi) is 5.69. The Bertz CT molecular complexity index is 164. The molecule has 0 spiro atoms. The molecule has 0 aliphatic carbocycles. The van der Waals surface area contributed by atoms with Crippen LogP contribution in [0.4, 0.5) is 0 Å². The van der Waals surface area contributed by atoms with Gasteiger partial charge in [-0.25, -0.2) is 0 Å². The van der Waals surface area contributed by atoms with E-state index < -0.39 is 0 Å². The minimum atomic E-state index is 0.644. The van der Waals surface area contributed by atoms with E-state index >= 15 is 0 Å². The molecule has 1 heteroatoms. The van der Waals surface area contributed by atoms with E-state index in [9.17, 15) is 0 Å². The van der Waals surface area contributed by atoms with Crippen molar-refractivity contribution in [2.45, 2.75) is 34.1 Å². The number of rotatable bonds is 4. The molecular formula is C11H21N. The van der Waals surface area contributed by atoms with Crippen LogP contribution in [0.1, 0.15) is 34.1 Å². The van der Waals surface area contributed by atoms with E-state index in [1.807, 2.05) is 13.3 Å². The van der Waals surface area contributed by atoms with Crippen LogP contribution in [0.15, 0.2) is 16.6 Å². The lowest BCUT2D eigenvalue weighted by molar-refractivity contribution is 0.588. The van der Waals surface area contributed by atoms with Crippen molar-refractivity contribution in [2.75, 3.05) is 7.05 Å². The number of hydrogen-bond acceptors (Lipinski definition) is 1. The summed E-state index contributed by atoms with van der Waals surface area (Å²) < 4.78 is 0. The van der Waals surface area contributed by atoms with Gasteiger partial charge in [0.2, 0.25) is 0 Å². The Hall–Kier alpha value is -0.590. The first kappa shape index (κ1) is 11.4. The molecule has 12 heavy (non-hydrogen) atoms. The van der Waals surface area contributed by atoms with E-state index in [2.05, 4.69) is 38.8 Å². The number of nitrogens with zero attached hydrogens (tertiary/aromatic N) is 1. The molecule has 0 saturated carbocycles. The van der Waals surface area contributed by atoms with Crippen molar-refractivity contribution >= 4 is 6.21 Å². The van der Waals surface area contributed by atoms with Gasteiger partial charge in [0.25, 0.3) is 0 Å². The largest absolute Gasteiger partial charge is 0.297 e. The zero-order valence-corrected chi connectivity index (χ0v) is 8.96. The summed E-state index contributed by atoms with van der Waals surface area (Å²) >= 11 is 0. The third-order valence-electron chi connectivity index (χ3n) is 1.82. The highest BCUT2D eigenvalue weighted by Gasteiger charge is 2.04. The van der Waals surface area contributed by atoms with Crippen molar-refractivity contribution in [3.05, 3.63) is 11.6 Å². The Balaban J connectivity index is 4.22. The maximum absolute atomic E-state index is 3.96. The molecular weight excluding hydrogens is 146 g/mol. The third-order valence-corrected chi connectivity index (χ3v) is 1.82. The molecule has 0 aromatic heterocycles. The zero-order chi connectivity index (χ0) is 9.56. The average Bonchev–Trinajstić information content (AvgIpc) is 1.96. The van der Waals surface area contributed by atoms with E-state index in [1.54, 1.807) is 0 Å². The standard InChI is InChI=1S/C11H21N/c1-9(2)8-11(10(3)4)6-7-12-5/h6-7,9-10H,8H2,1-5H3/b11-6-,12-7-. The average molecular weight is 167 g/mol. The maximum Gasteiger partial charge on any atom is 0.0277 e. The van der Waals surface area contributed by atoms with Crippen molar-refractivity contribution in [3.63, 3.8) is 0 Å². The summed E-state index contributed by atoms with van der Waals surface area (Å²) in [5, 5.41) is 0. The summed E-state index contributed by atoms with van der Waals surface area (Å²) in [6, 6.07) is 0. The van der Waals surface area contributed by atoms with Crippen molar-refractivity contribution in [2.24, 2.45) is 16.8 Å². The number of hydrogen-bond donors (Lipinski definition) is 0. The number of aliphatic imine (C=N–C) groups is 1. The monoisotopic (exact) mass is 167 g/mol. The van der Waals surface area contributed by atoms with Gasteiger partial charge in [-0.2, -0.15) is 0 Å². The van der Waals surface area contributed by atoms with E-state index in [0.29, 0.717) is 5.92 Å². The number of allylic oxidation sites excluding steroid dienone is 2. The van der Waals surface area contributed by atoms with Crippen LogP contribution in [0.5, 0.6) is 0 Å². The summed E-state index contributed by atoms with van der Waals surface area (Å²) in [4.78, 5) is 3.96. The lowest BCUT2D eigenvalue weighted by Crippen LogP contribution is -1.99. The predicted octanol–water partition coefficient (Wildman–Crippen LogP) is 3.32. The summed E-state index contributed by atoms with van der Waals surface area (Å²) in [6.45, 7) is 8.97. The SMILES string of the molecule is C/N=C\C=C(\CC(C)C)C(C)C. The zero-order valence-electron chi connectivity index (χ0n) is 8.96. The fourth-order valence-electron chi connectivity index (χ4n) is 1.14. The molecule has 0 amide bonds. The van der Waals surface area contributed by atoms with E-state index in [0.717, 1.165) is 5.92 Å². The Labute approximate surface area is 76.6 Å². The molecule has 0 fully saturated rings. The van der Waals surface area contributed by atoms with Crippen LogP contribution in [0.25, 0.3) is 0 Å². The smallest absolute Gasteiger partial charge is 0.0277 e. The van der Waals surface area contributed by atoms with Crippen LogP contribution in [-0.4, -0.2) is 13.3 Å². The van der Waals surface area contributed by atoms with Gasteiger partial charge in [0, 0.05) is 13.3 Å². The van der Waals surface area contributed by atoms with Crippen LogP contribution in [-0.2, 0) is 0 Å². The molecule has 0 rings (SSSR count). The first-order valence-electron chi connectivity index (χ1n) is 4.69. The molecule has 0 heterocycles. The lowest BCUT2D eigenvalue weighted by Gasteiger charge is -2.12. The minimum Gasteiger partial charge on any atom is -0.297 e. The lowest BCUT2D eigenvalue weighted by atomic mass is 9.94. The Morgan fingerprint density at radius 3 is 2.17 bits per heavy atom. The normalized spacial score (nSPS) is 13.8. The fraction of sp³-hybridized carbons (Fsp3) is 0.727. The first-order valence-corrected chi connectivity index (χ1v) is 4.69. The van der Waals surface area contributed by atoms with Gasteiger partial charge < -0.3 is 0 Å². The minimum absolute atomic E-state index is 0.644. The van der Waals surface area contributed by atoms with E-state index in [-0.39, 0.29) is 0 Å². The van der Waals surface area contributed by atoms with Gasteiger partial charge in [-0.15, -0.1) is 0 Å². The van der Waals surface area contributed by atoms with Gasteiger partial charge in [0.1, 0.15) is 0 Å². The van der Waals surface area contributed by atoms with Gasteiger partial charge in [0.05, 0.1) is 0 Å². The molecule has 0 aliphatic heterocycles. The predicted molar refractivity (Wildman–Crippen MR) is 56.8 cm³/mol. The van der Waals surface area contributed by atoms with Crippen LogP contribution in [0.2, 0.25) is 0 Å². The van der Waals surface area contributed by atoms with Crippen molar-refractivity contribution in [1.29, 1.82) is 0 Å². The fourth-order valence-corrected chi connectivity index (χ4v) is 1.14. The van der Waals surface area contributed by atoms with E-state index in [1.165, 1.54) is 12.0 Å². The van der Waals surface area contributed by atoms with Crippen LogP contribution in [0, 0.1) is 11.8 Å². The quantitative estimate of drug-likeness (QED) is 0.570. The van der Waals surface area contributed by atoms with Crippen molar-refractivity contribution in [3.8, 4) is 0 Å². The highest BCUT2D eigenvalue weighted by molar-refractivity contribution is 5.72. The third kappa shape index (κ3) is 5.11. The highest BCUT2D eigenvalue weighted by Crippen LogP contribution is 2.18. The second kappa shape index (κ2) is 5.99. The molecule has 70 valence electrons. The molecule has 0 aliphatic rings. The van der Waals surface area contributed by atoms with Crippen LogP contribution >= 0.6 is 0 Å². The van der Waals surface area contributed by atoms with E-state index in [4.69, 9.17) is 0 Å². The second-order valence-electron chi connectivity index (χ2n) is 3.90. The topological polar surface area (TPSA) is 12.4 Å². The summed E-state index contributed by atoms with van der Waals surface area (Å²) in [7, 11) is 1.81. The van der Waals surface area contributed by atoms with Gasteiger partial charge >= 0.3 is 0 Å². The molecule has 0 unspecified atom stereocenters. The Morgan fingerprint density at radius 2 is 1.83 bits per heavy atom. The summed E-state index contributed by atoms with van der Waals surface area (Å²) in [5.74, 6) is 1.38. The molecule has 0 N–H and O–H groups in total. The first-order chi connectivity index (χ1) is 5.57. The molecule has 1 nitrogen and oxygen atoms in total. The summed E-state index contributed by atoms with van der Waals surface area (Å²) in [5.41, 5.74) is 1.50. The molecule has 0 saturated heterocycles. The molecule has 0 radical (unpaired) electrons. The van der Waals surface area contributed by atoms with Gasteiger partial charge in [-0.3, -0.25) is 4.99 Å². The maximum atomic E-state index is 3.96. The summed E-state index contributed by atoms with van der Waals surface area (Å²) in [6.07, 6.45) is 5.21. The highest BCUT2D eigenvalue weighted by atomic mass is 14.6. The molecule has 0 bridgehead atoms.